The van der Waals surface area contributed by atoms with Crippen molar-refractivity contribution in [2.45, 2.75) is 13.0 Å². The number of benzene rings is 1. The van der Waals surface area contributed by atoms with E-state index >= 15 is 0 Å². The molecule has 110 valence electrons. The number of aromatic amines is 1. The van der Waals surface area contributed by atoms with Crippen LogP contribution in [0, 0.1) is 10.1 Å². The van der Waals surface area contributed by atoms with E-state index in [2.05, 4.69) is 20.7 Å². The number of nitrogens with one attached hydrogen (secondary N) is 3. The van der Waals surface area contributed by atoms with Gasteiger partial charge >= 0.3 is 0 Å². The first-order valence-corrected chi connectivity index (χ1v) is 6.08. The lowest BCUT2D eigenvalue weighted by Gasteiger charge is -2.13. The van der Waals surface area contributed by atoms with E-state index in [4.69, 9.17) is 5.84 Å². The van der Waals surface area contributed by atoms with Gasteiger partial charge in [-0.15, -0.1) is 0 Å². The number of nitrogens with zero attached hydrogens (tertiary/aromatic N) is 2. The summed E-state index contributed by atoms with van der Waals surface area (Å²) < 4.78 is 0. The highest BCUT2D eigenvalue weighted by Gasteiger charge is 2.22. The molecule has 1 aromatic heterocycles. The predicted molar refractivity (Wildman–Crippen MR) is 75.4 cm³/mol. The van der Waals surface area contributed by atoms with Crippen molar-refractivity contribution in [3.05, 3.63) is 52.1 Å². The van der Waals surface area contributed by atoms with E-state index < -0.39 is 10.8 Å². The number of nitro groups is 1. The highest BCUT2D eigenvalue weighted by molar-refractivity contribution is 6.01. The van der Waals surface area contributed by atoms with Crippen molar-refractivity contribution in [3.8, 4) is 0 Å². The molecule has 21 heavy (non-hydrogen) atoms. The summed E-state index contributed by atoms with van der Waals surface area (Å²) in [6.45, 7) is 1.74. The smallest absolute Gasteiger partial charge is 0.294 e. The molecule has 0 fully saturated rings. The molecule has 9 nitrogen and oxygen atoms in total. The second-order valence-corrected chi connectivity index (χ2v) is 4.27. The number of nitrogen functional groups attached to an aromatic ring is 1. The van der Waals surface area contributed by atoms with Crippen LogP contribution in [0.25, 0.3) is 0 Å². The van der Waals surface area contributed by atoms with Gasteiger partial charge in [-0.05, 0) is 13.0 Å². The Morgan fingerprint density at radius 2 is 2.29 bits per heavy atom. The molecule has 0 aliphatic carbocycles. The molecule has 1 amide bonds. The Morgan fingerprint density at radius 1 is 1.52 bits per heavy atom. The van der Waals surface area contributed by atoms with Crippen molar-refractivity contribution in [1.82, 2.24) is 15.3 Å². The van der Waals surface area contributed by atoms with Crippen molar-refractivity contribution in [1.29, 1.82) is 0 Å². The van der Waals surface area contributed by atoms with Gasteiger partial charge in [0.2, 0.25) is 0 Å². The molecule has 0 aliphatic heterocycles. The van der Waals surface area contributed by atoms with Gasteiger partial charge in [-0.25, -0.2) is 4.98 Å². The molecule has 5 N–H and O–H groups in total. The molecule has 1 heterocycles. The second kappa shape index (κ2) is 6.01. The van der Waals surface area contributed by atoms with Crippen molar-refractivity contribution in [2.75, 3.05) is 5.43 Å². The van der Waals surface area contributed by atoms with Crippen molar-refractivity contribution < 1.29 is 9.72 Å². The normalized spacial score (nSPS) is 11.7. The number of hydrogen-bond acceptors (Lipinski definition) is 6. The average molecular weight is 290 g/mol. The number of carbonyl (C=O) groups excluding carboxylic acids is 1. The molecule has 0 spiro atoms. The third-order valence-electron chi connectivity index (χ3n) is 2.91. The first-order chi connectivity index (χ1) is 10.0. The summed E-state index contributed by atoms with van der Waals surface area (Å²) in [7, 11) is 0. The van der Waals surface area contributed by atoms with Gasteiger partial charge in [0.05, 0.1) is 16.5 Å². The van der Waals surface area contributed by atoms with Crippen LogP contribution in [0.3, 0.4) is 0 Å². The minimum absolute atomic E-state index is 0.0355. The van der Waals surface area contributed by atoms with Crippen molar-refractivity contribution in [2.24, 2.45) is 5.84 Å². The highest BCUT2D eigenvalue weighted by atomic mass is 16.6. The topological polar surface area (TPSA) is 139 Å². The van der Waals surface area contributed by atoms with Crippen molar-refractivity contribution >= 4 is 17.3 Å². The van der Waals surface area contributed by atoms with Gasteiger partial charge in [0.25, 0.3) is 11.6 Å². The fourth-order valence-corrected chi connectivity index (χ4v) is 1.89. The summed E-state index contributed by atoms with van der Waals surface area (Å²) in [6, 6.07) is 3.76. The van der Waals surface area contributed by atoms with Crippen molar-refractivity contribution in [3.63, 3.8) is 0 Å². The van der Waals surface area contributed by atoms with Crippen LogP contribution in [0.1, 0.15) is 29.1 Å². The maximum absolute atomic E-state index is 12.2. The van der Waals surface area contributed by atoms with Crippen LogP contribution in [-0.2, 0) is 0 Å². The minimum atomic E-state index is -0.609. The first-order valence-electron chi connectivity index (χ1n) is 6.08. The molecule has 2 rings (SSSR count). The molecule has 0 radical (unpaired) electrons. The second-order valence-electron chi connectivity index (χ2n) is 4.27. The zero-order valence-corrected chi connectivity index (χ0v) is 11.2. The van der Waals surface area contributed by atoms with Gasteiger partial charge in [-0.2, -0.15) is 0 Å². The summed E-state index contributed by atoms with van der Waals surface area (Å²) in [5, 5.41) is 13.6. The van der Waals surface area contributed by atoms with Crippen LogP contribution in [0.15, 0.2) is 30.6 Å². The van der Waals surface area contributed by atoms with E-state index in [1.807, 2.05) is 0 Å². The summed E-state index contributed by atoms with van der Waals surface area (Å²) in [5.41, 5.74) is 1.99. The van der Waals surface area contributed by atoms with Gasteiger partial charge in [0, 0.05) is 18.5 Å². The average Bonchev–Trinajstić information content (AvgIpc) is 3.00. The molecule has 9 heteroatoms. The number of rotatable bonds is 5. The fourth-order valence-electron chi connectivity index (χ4n) is 1.89. The minimum Gasteiger partial charge on any atom is -0.347 e. The number of para-hydroxylation sites is 1. The number of anilines is 1. The van der Waals surface area contributed by atoms with Gasteiger partial charge in [0.1, 0.15) is 11.5 Å². The van der Waals surface area contributed by atoms with E-state index in [1.165, 1.54) is 18.2 Å². The Morgan fingerprint density at radius 3 is 2.86 bits per heavy atom. The van der Waals surface area contributed by atoms with Gasteiger partial charge in [-0.1, -0.05) is 6.07 Å². The van der Waals surface area contributed by atoms with Crippen LogP contribution in [-0.4, -0.2) is 20.8 Å². The summed E-state index contributed by atoms with van der Waals surface area (Å²) in [6.07, 6.45) is 3.20. The fraction of sp³-hybridized carbons (Fsp3) is 0.167. The van der Waals surface area contributed by atoms with Gasteiger partial charge in [-0.3, -0.25) is 20.8 Å². The molecule has 2 aromatic rings. The lowest BCUT2D eigenvalue weighted by atomic mass is 10.1. The Kier molecular flexibility index (Phi) is 4.14. The molecule has 1 atom stereocenters. The molecular weight excluding hydrogens is 276 g/mol. The van der Waals surface area contributed by atoms with E-state index in [-0.39, 0.29) is 23.0 Å². The summed E-state index contributed by atoms with van der Waals surface area (Å²) in [5.74, 6) is 5.39. The number of hydrazine groups is 1. The lowest BCUT2D eigenvalue weighted by molar-refractivity contribution is -0.384. The van der Waals surface area contributed by atoms with Gasteiger partial charge in [0.15, 0.2) is 0 Å². The number of hydrogen-bond donors (Lipinski definition) is 4. The van der Waals surface area contributed by atoms with Gasteiger partial charge < -0.3 is 15.7 Å². The number of amides is 1. The van der Waals surface area contributed by atoms with Crippen LogP contribution >= 0.6 is 0 Å². The molecule has 1 aromatic carbocycles. The Bertz CT molecular complexity index is 655. The van der Waals surface area contributed by atoms with Crippen LogP contribution < -0.4 is 16.6 Å². The zero-order valence-electron chi connectivity index (χ0n) is 11.2. The van der Waals surface area contributed by atoms with Crippen LogP contribution in [0.4, 0.5) is 11.4 Å². The largest absolute Gasteiger partial charge is 0.347 e. The molecule has 0 saturated carbocycles. The highest BCUT2D eigenvalue weighted by Crippen LogP contribution is 2.27. The zero-order chi connectivity index (χ0) is 15.4. The Hall–Kier alpha value is -2.94. The quantitative estimate of drug-likeness (QED) is 0.369. The molecule has 0 bridgehead atoms. The first kappa shape index (κ1) is 14.5. The molecule has 0 aliphatic rings. The summed E-state index contributed by atoms with van der Waals surface area (Å²) >= 11 is 0. The monoisotopic (exact) mass is 290 g/mol. The third-order valence-corrected chi connectivity index (χ3v) is 2.91. The maximum Gasteiger partial charge on any atom is 0.294 e. The SMILES string of the molecule is CC(NC(=O)c1cccc([N+](=O)[O-])c1NN)c1ncc[nH]1. The van der Waals surface area contributed by atoms with E-state index in [0.717, 1.165) is 0 Å². The number of carbonyl (C=O) groups is 1. The number of nitrogens with two attached hydrogens (primary N) is 1. The Labute approximate surface area is 119 Å². The Balaban J connectivity index is 2.27. The molecule has 1 unspecified atom stereocenters. The lowest BCUT2D eigenvalue weighted by Crippen LogP contribution is -2.28. The van der Waals surface area contributed by atoms with Crippen LogP contribution in [0.2, 0.25) is 0 Å². The number of aromatic nitrogens is 2. The van der Waals surface area contributed by atoms with E-state index in [1.54, 1.807) is 19.3 Å². The standard InChI is InChI=1S/C12H14N6O3/c1-7(11-14-5-6-15-11)16-12(19)8-3-2-4-9(18(20)21)10(8)17-13/h2-7,17H,13H2,1H3,(H,14,15)(H,16,19). The number of nitro benzene ring substituents is 1. The third kappa shape index (κ3) is 2.98. The van der Waals surface area contributed by atoms with E-state index in [9.17, 15) is 14.9 Å². The number of imidazole rings is 1. The predicted octanol–water partition coefficient (Wildman–Crippen LogP) is 1.09. The molecular formula is C12H14N6O3. The molecule has 0 saturated heterocycles. The van der Waals surface area contributed by atoms with Crippen LogP contribution in [0.5, 0.6) is 0 Å². The summed E-state index contributed by atoms with van der Waals surface area (Å²) in [4.78, 5) is 29.5. The number of H-pyrrole nitrogens is 1. The van der Waals surface area contributed by atoms with E-state index in [0.29, 0.717) is 5.82 Å². The maximum atomic E-state index is 12.2.